The third kappa shape index (κ3) is 4.08. The molecule has 2 nitrogen and oxygen atoms in total. The normalized spacial score (nSPS) is 12.8. The molecule has 0 amide bonds. The molecule has 1 aromatic rings. The molecule has 0 saturated heterocycles. The minimum Gasteiger partial charge on any atom is -0.385 e. The Balaban J connectivity index is 2.46. The number of benzene rings is 1. The summed E-state index contributed by atoms with van der Waals surface area (Å²) in [6, 6.07) is 5.00. The number of rotatable bonds is 6. The van der Waals surface area contributed by atoms with Crippen molar-refractivity contribution in [2.45, 2.75) is 19.4 Å². The molecule has 0 aliphatic heterocycles. The SMILES string of the molecule is COCCCNC(C)c1ccc(Cl)c(F)c1. The van der Waals surface area contributed by atoms with Crippen molar-refractivity contribution < 1.29 is 9.13 Å². The van der Waals surface area contributed by atoms with Crippen molar-refractivity contribution in [3.8, 4) is 0 Å². The molecule has 1 unspecified atom stereocenters. The van der Waals surface area contributed by atoms with Crippen LogP contribution in [0.25, 0.3) is 0 Å². The standard InChI is InChI=1S/C12H17ClFNO/c1-9(15-6-3-7-16-2)10-4-5-11(13)12(14)8-10/h4-5,8-9,15H,3,6-7H2,1-2H3. The van der Waals surface area contributed by atoms with Gasteiger partial charge in [-0.3, -0.25) is 0 Å². The monoisotopic (exact) mass is 245 g/mol. The predicted molar refractivity (Wildman–Crippen MR) is 64.3 cm³/mol. The van der Waals surface area contributed by atoms with Gasteiger partial charge in [0.2, 0.25) is 0 Å². The number of nitrogens with one attached hydrogen (secondary N) is 1. The van der Waals surface area contributed by atoms with E-state index >= 15 is 0 Å². The van der Waals surface area contributed by atoms with Gasteiger partial charge in [-0.05, 0) is 37.6 Å². The molecule has 0 bridgehead atoms. The van der Waals surface area contributed by atoms with E-state index in [1.807, 2.05) is 13.0 Å². The van der Waals surface area contributed by atoms with Gasteiger partial charge in [0.1, 0.15) is 5.82 Å². The lowest BCUT2D eigenvalue weighted by Crippen LogP contribution is -2.20. The molecule has 0 fully saturated rings. The summed E-state index contributed by atoms with van der Waals surface area (Å²) in [7, 11) is 1.68. The van der Waals surface area contributed by atoms with Crippen LogP contribution in [0.4, 0.5) is 4.39 Å². The van der Waals surface area contributed by atoms with E-state index in [0.717, 1.165) is 25.1 Å². The second kappa shape index (κ2) is 6.84. The maximum atomic E-state index is 13.2. The van der Waals surface area contributed by atoms with Crippen LogP contribution in [0.2, 0.25) is 5.02 Å². The quantitative estimate of drug-likeness (QED) is 0.778. The molecule has 0 aromatic heterocycles. The first-order chi connectivity index (χ1) is 7.65. The van der Waals surface area contributed by atoms with Crippen molar-refractivity contribution >= 4 is 11.6 Å². The third-order valence-electron chi connectivity index (χ3n) is 2.42. The molecule has 16 heavy (non-hydrogen) atoms. The lowest BCUT2D eigenvalue weighted by atomic mass is 10.1. The summed E-state index contributed by atoms with van der Waals surface area (Å²) in [6.07, 6.45) is 0.941. The summed E-state index contributed by atoms with van der Waals surface area (Å²) in [5.41, 5.74) is 0.902. The Morgan fingerprint density at radius 3 is 2.88 bits per heavy atom. The highest BCUT2D eigenvalue weighted by Gasteiger charge is 2.07. The predicted octanol–water partition coefficient (Wildman–Crippen LogP) is 3.17. The summed E-state index contributed by atoms with van der Waals surface area (Å²) in [4.78, 5) is 0. The highest BCUT2D eigenvalue weighted by molar-refractivity contribution is 6.30. The van der Waals surface area contributed by atoms with E-state index in [1.165, 1.54) is 6.07 Å². The second-order valence-electron chi connectivity index (χ2n) is 3.70. The van der Waals surface area contributed by atoms with E-state index < -0.39 is 0 Å². The summed E-state index contributed by atoms with van der Waals surface area (Å²) in [5.74, 6) is -0.371. The van der Waals surface area contributed by atoms with Gasteiger partial charge in [0.05, 0.1) is 5.02 Å². The van der Waals surface area contributed by atoms with Crippen molar-refractivity contribution in [1.82, 2.24) is 5.32 Å². The van der Waals surface area contributed by atoms with Gasteiger partial charge in [-0.15, -0.1) is 0 Å². The fourth-order valence-corrected chi connectivity index (χ4v) is 1.55. The first-order valence-corrected chi connectivity index (χ1v) is 5.70. The fraction of sp³-hybridized carbons (Fsp3) is 0.500. The van der Waals surface area contributed by atoms with Gasteiger partial charge in [-0.1, -0.05) is 17.7 Å². The molecular weight excluding hydrogens is 229 g/mol. The molecule has 0 spiro atoms. The van der Waals surface area contributed by atoms with Crippen LogP contribution in [-0.4, -0.2) is 20.3 Å². The van der Waals surface area contributed by atoms with E-state index in [4.69, 9.17) is 16.3 Å². The number of methoxy groups -OCH3 is 1. The van der Waals surface area contributed by atoms with Gasteiger partial charge in [0.15, 0.2) is 0 Å². The van der Waals surface area contributed by atoms with Crippen molar-refractivity contribution in [3.63, 3.8) is 0 Å². The highest BCUT2D eigenvalue weighted by atomic mass is 35.5. The van der Waals surface area contributed by atoms with E-state index in [-0.39, 0.29) is 16.9 Å². The molecule has 0 heterocycles. The average molecular weight is 246 g/mol. The molecule has 1 atom stereocenters. The molecular formula is C12H17ClFNO. The molecule has 0 aliphatic rings. The van der Waals surface area contributed by atoms with Crippen LogP contribution in [0.3, 0.4) is 0 Å². The van der Waals surface area contributed by atoms with Gasteiger partial charge in [0, 0.05) is 19.8 Å². The highest BCUT2D eigenvalue weighted by Crippen LogP contribution is 2.19. The second-order valence-corrected chi connectivity index (χ2v) is 4.10. The maximum absolute atomic E-state index is 13.2. The minimum atomic E-state index is -0.371. The van der Waals surface area contributed by atoms with Crippen molar-refractivity contribution in [1.29, 1.82) is 0 Å². The molecule has 0 saturated carbocycles. The Morgan fingerprint density at radius 2 is 2.25 bits per heavy atom. The molecule has 0 radical (unpaired) electrons. The minimum absolute atomic E-state index is 0.114. The zero-order chi connectivity index (χ0) is 12.0. The molecule has 4 heteroatoms. The van der Waals surface area contributed by atoms with Crippen molar-refractivity contribution in [2.75, 3.05) is 20.3 Å². The first-order valence-electron chi connectivity index (χ1n) is 5.32. The Kier molecular flexibility index (Phi) is 5.74. The lowest BCUT2D eigenvalue weighted by Gasteiger charge is -2.14. The lowest BCUT2D eigenvalue weighted by molar-refractivity contribution is 0.193. The van der Waals surface area contributed by atoms with Gasteiger partial charge >= 0.3 is 0 Å². The van der Waals surface area contributed by atoms with E-state index in [9.17, 15) is 4.39 Å². The fourth-order valence-electron chi connectivity index (χ4n) is 1.43. The molecule has 1 N–H and O–H groups in total. The number of hydrogen-bond acceptors (Lipinski definition) is 2. The van der Waals surface area contributed by atoms with Gasteiger partial charge in [0.25, 0.3) is 0 Å². The third-order valence-corrected chi connectivity index (χ3v) is 2.73. The summed E-state index contributed by atoms with van der Waals surface area (Å²) < 4.78 is 18.1. The first kappa shape index (κ1) is 13.4. The Hall–Kier alpha value is -0.640. The van der Waals surface area contributed by atoms with Crippen LogP contribution < -0.4 is 5.32 Å². The molecule has 90 valence electrons. The van der Waals surface area contributed by atoms with E-state index in [2.05, 4.69) is 5.32 Å². The Morgan fingerprint density at radius 1 is 1.50 bits per heavy atom. The summed E-state index contributed by atoms with van der Waals surface area (Å²) in [6.45, 7) is 3.57. The summed E-state index contributed by atoms with van der Waals surface area (Å²) >= 11 is 5.62. The Labute approximate surface area is 101 Å². The van der Waals surface area contributed by atoms with Gasteiger partial charge < -0.3 is 10.1 Å². The zero-order valence-electron chi connectivity index (χ0n) is 9.59. The van der Waals surface area contributed by atoms with Crippen LogP contribution >= 0.6 is 11.6 Å². The van der Waals surface area contributed by atoms with Crippen molar-refractivity contribution in [3.05, 3.63) is 34.6 Å². The molecule has 1 rings (SSSR count). The number of halogens is 2. The van der Waals surface area contributed by atoms with Crippen molar-refractivity contribution in [2.24, 2.45) is 0 Å². The van der Waals surface area contributed by atoms with Crippen LogP contribution in [-0.2, 0) is 4.74 Å². The molecule has 1 aromatic carbocycles. The smallest absolute Gasteiger partial charge is 0.142 e. The van der Waals surface area contributed by atoms with E-state index in [0.29, 0.717) is 0 Å². The average Bonchev–Trinajstić information content (AvgIpc) is 2.28. The van der Waals surface area contributed by atoms with Crippen LogP contribution in [0.1, 0.15) is 24.9 Å². The summed E-state index contributed by atoms with van der Waals surface area (Å²) in [5, 5.41) is 3.45. The number of ether oxygens (including phenoxy) is 1. The number of hydrogen-bond donors (Lipinski definition) is 1. The molecule has 0 aliphatic carbocycles. The topological polar surface area (TPSA) is 21.3 Å². The maximum Gasteiger partial charge on any atom is 0.142 e. The van der Waals surface area contributed by atoms with Crippen LogP contribution in [0, 0.1) is 5.82 Å². The Bertz CT molecular complexity index is 333. The van der Waals surface area contributed by atoms with Gasteiger partial charge in [-0.25, -0.2) is 4.39 Å². The largest absolute Gasteiger partial charge is 0.385 e. The van der Waals surface area contributed by atoms with Crippen LogP contribution in [0.15, 0.2) is 18.2 Å². The van der Waals surface area contributed by atoms with Crippen LogP contribution in [0.5, 0.6) is 0 Å². The van der Waals surface area contributed by atoms with Gasteiger partial charge in [-0.2, -0.15) is 0 Å². The van der Waals surface area contributed by atoms with E-state index in [1.54, 1.807) is 13.2 Å². The zero-order valence-corrected chi connectivity index (χ0v) is 10.4.